The van der Waals surface area contributed by atoms with Gasteiger partial charge in [-0.2, -0.15) is 4.31 Å². The highest BCUT2D eigenvalue weighted by Gasteiger charge is 2.32. The molecule has 3 rings (SSSR count). The van der Waals surface area contributed by atoms with E-state index in [9.17, 15) is 13.2 Å². The van der Waals surface area contributed by atoms with Gasteiger partial charge >= 0.3 is 0 Å². The van der Waals surface area contributed by atoms with Crippen LogP contribution in [0.15, 0.2) is 47.4 Å². The van der Waals surface area contributed by atoms with Crippen molar-refractivity contribution in [2.45, 2.75) is 37.5 Å². The number of nitrogens with one attached hydrogen (secondary N) is 1. The Labute approximate surface area is 201 Å². The summed E-state index contributed by atoms with van der Waals surface area (Å²) < 4.78 is 43.6. The Bertz CT molecular complexity index is 1080. The van der Waals surface area contributed by atoms with Crippen molar-refractivity contribution in [3.63, 3.8) is 0 Å². The lowest BCUT2D eigenvalue weighted by molar-refractivity contribution is -0.117. The number of ether oxygens (including phenoxy) is 3. The maximum atomic E-state index is 13.0. The van der Waals surface area contributed by atoms with Crippen molar-refractivity contribution in [3.8, 4) is 11.5 Å². The third-order valence-corrected chi connectivity index (χ3v) is 7.32. The lowest BCUT2D eigenvalue weighted by atomic mass is 10.2. The van der Waals surface area contributed by atoms with Crippen LogP contribution in [0.4, 0.5) is 5.69 Å². The number of nitrogens with zero attached hydrogens (tertiary/aromatic N) is 2. The highest BCUT2D eigenvalue weighted by Crippen LogP contribution is 2.28. The molecule has 0 aliphatic carbocycles. The number of hydrogen-bond donors (Lipinski definition) is 1. The van der Waals surface area contributed by atoms with Crippen LogP contribution in [0.25, 0.3) is 0 Å². The molecule has 1 aliphatic rings. The lowest BCUT2D eigenvalue weighted by Crippen LogP contribution is -2.48. The highest BCUT2D eigenvalue weighted by molar-refractivity contribution is 7.89. The van der Waals surface area contributed by atoms with Crippen LogP contribution >= 0.6 is 0 Å². The number of carbonyl (C=O) groups is 1. The number of likely N-dealkylation sites (N-methyl/N-ethyl adjacent to an activating group) is 1. The molecule has 1 heterocycles. The summed E-state index contributed by atoms with van der Waals surface area (Å²) in [6.07, 6.45) is -0.318. The predicted octanol–water partition coefficient (Wildman–Crippen LogP) is 2.57. The number of amides is 1. The summed E-state index contributed by atoms with van der Waals surface area (Å²) in [5.74, 6) is 1.08. The van der Waals surface area contributed by atoms with Crippen LogP contribution in [-0.4, -0.2) is 76.6 Å². The summed E-state index contributed by atoms with van der Waals surface area (Å²) in [4.78, 5) is 14.6. The van der Waals surface area contributed by atoms with E-state index in [1.165, 1.54) is 16.4 Å². The van der Waals surface area contributed by atoms with Gasteiger partial charge in [-0.25, -0.2) is 8.42 Å². The van der Waals surface area contributed by atoms with Gasteiger partial charge in [-0.15, -0.1) is 0 Å². The number of sulfonamides is 1. The third kappa shape index (κ3) is 6.47. The minimum Gasteiger partial charge on any atom is -0.493 e. The van der Waals surface area contributed by atoms with Gasteiger partial charge in [0.25, 0.3) is 0 Å². The number of rotatable bonds is 9. The van der Waals surface area contributed by atoms with Crippen molar-refractivity contribution in [1.29, 1.82) is 0 Å². The van der Waals surface area contributed by atoms with Crippen LogP contribution in [0, 0.1) is 0 Å². The Morgan fingerprint density at radius 2 is 1.68 bits per heavy atom. The van der Waals surface area contributed by atoms with E-state index in [-0.39, 0.29) is 29.6 Å². The molecule has 2 atom stereocenters. The molecular formula is C24H33N3O6S. The summed E-state index contributed by atoms with van der Waals surface area (Å²) in [5.41, 5.74) is 1.52. The zero-order valence-corrected chi connectivity index (χ0v) is 21.1. The molecule has 2 aromatic rings. The zero-order chi connectivity index (χ0) is 24.9. The topological polar surface area (TPSA) is 97.4 Å². The Morgan fingerprint density at radius 3 is 2.26 bits per heavy atom. The van der Waals surface area contributed by atoms with E-state index >= 15 is 0 Å². The highest BCUT2D eigenvalue weighted by atomic mass is 32.2. The molecule has 10 heteroatoms. The second kappa shape index (κ2) is 11.2. The van der Waals surface area contributed by atoms with Crippen molar-refractivity contribution >= 4 is 21.6 Å². The van der Waals surface area contributed by atoms with E-state index < -0.39 is 10.0 Å². The second-order valence-electron chi connectivity index (χ2n) is 8.51. The molecule has 34 heavy (non-hydrogen) atoms. The van der Waals surface area contributed by atoms with E-state index in [0.717, 1.165) is 5.56 Å². The lowest BCUT2D eigenvalue weighted by Gasteiger charge is -2.34. The first-order valence-corrected chi connectivity index (χ1v) is 12.5. The van der Waals surface area contributed by atoms with Gasteiger partial charge in [-0.05, 0) is 62.9 Å². The van der Waals surface area contributed by atoms with Crippen molar-refractivity contribution in [3.05, 3.63) is 48.0 Å². The van der Waals surface area contributed by atoms with Crippen LogP contribution in [-0.2, 0) is 26.1 Å². The smallest absolute Gasteiger partial charge is 0.243 e. The summed E-state index contributed by atoms with van der Waals surface area (Å²) in [6, 6.07) is 11.9. The molecule has 1 amide bonds. The minimum absolute atomic E-state index is 0.159. The Morgan fingerprint density at radius 1 is 1.06 bits per heavy atom. The van der Waals surface area contributed by atoms with Gasteiger partial charge in [0.1, 0.15) is 0 Å². The molecule has 0 unspecified atom stereocenters. The first-order valence-electron chi connectivity index (χ1n) is 11.1. The van der Waals surface area contributed by atoms with Crippen LogP contribution in [0.3, 0.4) is 0 Å². The van der Waals surface area contributed by atoms with Crippen molar-refractivity contribution in [1.82, 2.24) is 9.21 Å². The molecule has 0 bridgehead atoms. The number of morpholine rings is 1. The quantitative estimate of drug-likeness (QED) is 0.576. The maximum Gasteiger partial charge on any atom is 0.243 e. The fourth-order valence-electron chi connectivity index (χ4n) is 3.98. The number of benzene rings is 2. The third-order valence-electron chi connectivity index (χ3n) is 5.48. The molecule has 0 saturated carbocycles. The van der Waals surface area contributed by atoms with Crippen LogP contribution in [0.2, 0.25) is 0 Å². The molecular weight excluding hydrogens is 458 g/mol. The molecule has 0 aromatic heterocycles. The molecule has 0 radical (unpaired) electrons. The summed E-state index contributed by atoms with van der Waals surface area (Å²) >= 11 is 0. The second-order valence-corrected chi connectivity index (χ2v) is 10.5. The van der Waals surface area contributed by atoms with E-state index in [4.69, 9.17) is 14.2 Å². The average molecular weight is 492 g/mol. The van der Waals surface area contributed by atoms with E-state index in [2.05, 4.69) is 5.32 Å². The van der Waals surface area contributed by atoms with E-state index in [0.29, 0.717) is 36.8 Å². The van der Waals surface area contributed by atoms with Crippen molar-refractivity contribution in [2.24, 2.45) is 0 Å². The minimum atomic E-state index is -3.62. The first-order chi connectivity index (χ1) is 16.1. The molecule has 1 aliphatic heterocycles. The molecule has 1 N–H and O–H groups in total. The number of hydrogen-bond acceptors (Lipinski definition) is 7. The fourth-order valence-corrected chi connectivity index (χ4v) is 5.57. The number of anilines is 1. The van der Waals surface area contributed by atoms with E-state index in [1.807, 2.05) is 44.0 Å². The Balaban J connectivity index is 1.57. The van der Waals surface area contributed by atoms with Crippen LogP contribution in [0.5, 0.6) is 11.5 Å². The molecule has 1 saturated heterocycles. The molecule has 186 valence electrons. The monoisotopic (exact) mass is 491 g/mol. The van der Waals surface area contributed by atoms with Gasteiger partial charge in [-0.1, -0.05) is 6.07 Å². The van der Waals surface area contributed by atoms with Gasteiger partial charge in [0.15, 0.2) is 11.5 Å². The SMILES string of the molecule is COc1ccc(CN(C)CC(=O)Nc2ccc(S(=O)(=O)N3C[C@H](C)O[C@@H](C)C3)cc2)cc1OC. The fraction of sp³-hybridized carbons (Fsp3) is 0.458. The van der Waals surface area contributed by atoms with Gasteiger partial charge in [0.2, 0.25) is 15.9 Å². The maximum absolute atomic E-state index is 13.0. The summed E-state index contributed by atoms with van der Waals surface area (Å²) in [5, 5.41) is 2.82. The van der Waals surface area contributed by atoms with Crippen LogP contribution in [0.1, 0.15) is 19.4 Å². The van der Waals surface area contributed by atoms with Gasteiger partial charge in [0.05, 0.1) is 37.9 Å². The van der Waals surface area contributed by atoms with Gasteiger partial charge in [0, 0.05) is 25.3 Å². The predicted molar refractivity (Wildman–Crippen MR) is 130 cm³/mol. The first kappa shape index (κ1) is 26.0. The number of methoxy groups -OCH3 is 2. The average Bonchev–Trinajstić information content (AvgIpc) is 2.78. The normalized spacial score (nSPS) is 19.1. The van der Waals surface area contributed by atoms with Crippen LogP contribution < -0.4 is 14.8 Å². The van der Waals surface area contributed by atoms with Gasteiger partial charge in [-0.3, -0.25) is 9.69 Å². The van der Waals surface area contributed by atoms with Gasteiger partial charge < -0.3 is 19.5 Å². The summed E-state index contributed by atoms with van der Waals surface area (Å²) in [6.45, 7) is 5.06. The van der Waals surface area contributed by atoms with Crippen molar-refractivity contribution in [2.75, 3.05) is 46.2 Å². The summed E-state index contributed by atoms with van der Waals surface area (Å²) in [7, 11) is 1.38. The molecule has 2 aromatic carbocycles. The zero-order valence-electron chi connectivity index (χ0n) is 20.3. The molecule has 0 spiro atoms. The Hall–Kier alpha value is -2.66. The molecule has 9 nitrogen and oxygen atoms in total. The largest absolute Gasteiger partial charge is 0.493 e. The number of carbonyl (C=O) groups excluding carboxylic acids is 1. The standard InChI is InChI=1S/C24H33N3O6S/c1-17-13-27(14-18(2)33-17)34(29,30)21-9-7-20(8-10-21)25-24(28)16-26(3)15-19-6-11-22(31-4)23(12-19)32-5/h6-12,17-18H,13-16H2,1-5H3,(H,25,28)/t17-,18-/m0/s1. The van der Waals surface area contributed by atoms with E-state index in [1.54, 1.807) is 26.4 Å². The Kier molecular flexibility index (Phi) is 8.53. The van der Waals surface area contributed by atoms with Crippen molar-refractivity contribution < 1.29 is 27.4 Å². The molecule has 1 fully saturated rings.